The lowest BCUT2D eigenvalue weighted by molar-refractivity contribution is 0.329. The minimum absolute atomic E-state index is 0.141. The van der Waals surface area contributed by atoms with E-state index in [4.69, 9.17) is 16.2 Å². The fraction of sp³-hybridized carbons (Fsp3) is 0.538. The van der Waals surface area contributed by atoms with E-state index >= 15 is 0 Å². The zero-order chi connectivity index (χ0) is 13.0. The van der Waals surface area contributed by atoms with Gasteiger partial charge in [0, 0.05) is 6.04 Å². The zero-order valence-electron chi connectivity index (χ0n) is 10.6. The van der Waals surface area contributed by atoms with Crippen molar-refractivity contribution in [1.29, 1.82) is 0 Å². The highest BCUT2D eigenvalue weighted by Crippen LogP contribution is 2.28. The van der Waals surface area contributed by atoms with Gasteiger partial charge < -0.3 is 16.2 Å². The van der Waals surface area contributed by atoms with Crippen molar-refractivity contribution in [1.82, 2.24) is 0 Å². The lowest BCUT2D eigenvalue weighted by atomic mass is 9.85. The zero-order valence-corrected chi connectivity index (χ0v) is 10.6. The van der Waals surface area contributed by atoms with Crippen molar-refractivity contribution in [3.8, 4) is 5.75 Å². The molecule has 0 aromatic heterocycles. The van der Waals surface area contributed by atoms with E-state index in [-0.39, 0.29) is 23.5 Å². The van der Waals surface area contributed by atoms with Crippen LogP contribution in [-0.2, 0) is 0 Å². The number of hydrogen-bond donors (Lipinski definition) is 2. The van der Waals surface area contributed by atoms with Crippen LogP contribution in [0.3, 0.4) is 0 Å². The summed E-state index contributed by atoms with van der Waals surface area (Å²) in [5, 5.41) is 0. The fourth-order valence-electron chi connectivity index (χ4n) is 1.97. The van der Waals surface area contributed by atoms with Crippen molar-refractivity contribution in [2.24, 2.45) is 23.3 Å². The first-order valence-electron chi connectivity index (χ1n) is 5.80. The molecule has 0 spiro atoms. The Kier molecular flexibility index (Phi) is 4.90. The summed E-state index contributed by atoms with van der Waals surface area (Å²) < 4.78 is 18.4. The van der Waals surface area contributed by atoms with Crippen LogP contribution in [0.4, 0.5) is 4.39 Å². The van der Waals surface area contributed by atoms with Gasteiger partial charge in [0.15, 0.2) is 11.6 Å². The molecule has 0 saturated heterocycles. The molecular weight excluding hydrogens is 219 g/mol. The predicted molar refractivity (Wildman–Crippen MR) is 67.3 cm³/mol. The Morgan fingerprint density at radius 3 is 2.41 bits per heavy atom. The third kappa shape index (κ3) is 3.17. The standard InChI is InChI=1S/C13H21FN2O/c1-8(2)10(7-15)13(16)9-4-5-12(17-3)11(14)6-9/h4-6,8,10,13H,7,15-16H2,1-3H3. The van der Waals surface area contributed by atoms with E-state index in [0.717, 1.165) is 5.56 Å². The molecule has 0 amide bonds. The van der Waals surface area contributed by atoms with Gasteiger partial charge in [0.1, 0.15) is 0 Å². The van der Waals surface area contributed by atoms with Crippen molar-refractivity contribution in [3.63, 3.8) is 0 Å². The number of benzene rings is 1. The molecule has 2 unspecified atom stereocenters. The number of halogens is 1. The monoisotopic (exact) mass is 240 g/mol. The van der Waals surface area contributed by atoms with E-state index in [2.05, 4.69) is 13.8 Å². The van der Waals surface area contributed by atoms with Crippen LogP contribution in [0.5, 0.6) is 5.75 Å². The molecule has 4 N–H and O–H groups in total. The van der Waals surface area contributed by atoms with Gasteiger partial charge in [0.05, 0.1) is 7.11 Å². The van der Waals surface area contributed by atoms with Crippen LogP contribution in [-0.4, -0.2) is 13.7 Å². The van der Waals surface area contributed by atoms with E-state index in [1.807, 2.05) is 0 Å². The Morgan fingerprint density at radius 1 is 1.35 bits per heavy atom. The highest BCUT2D eigenvalue weighted by molar-refractivity contribution is 5.31. The van der Waals surface area contributed by atoms with E-state index in [1.165, 1.54) is 13.2 Å². The van der Waals surface area contributed by atoms with Crippen LogP contribution < -0.4 is 16.2 Å². The Morgan fingerprint density at radius 2 is 2.00 bits per heavy atom. The quantitative estimate of drug-likeness (QED) is 0.828. The maximum absolute atomic E-state index is 13.6. The van der Waals surface area contributed by atoms with Gasteiger partial charge in [0.2, 0.25) is 0 Å². The minimum Gasteiger partial charge on any atom is -0.494 e. The lowest BCUT2D eigenvalue weighted by Crippen LogP contribution is -2.31. The number of rotatable bonds is 5. The summed E-state index contributed by atoms with van der Waals surface area (Å²) in [5.41, 5.74) is 12.6. The molecule has 1 aromatic carbocycles. The van der Waals surface area contributed by atoms with E-state index in [0.29, 0.717) is 12.5 Å². The van der Waals surface area contributed by atoms with Gasteiger partial charge in [-0.05, 0) is 36.1 Å². The van der Waals surface area contributed by atoms with Gasteiger partial charge in [0.25, 0.3) is 0 Å². The molecule has 17 heavy (non-hydrogen) atoms. The Labute approximate surface area is 102 Å². The molecule has 0 saturated carbocycles. The summed E-state index contributed by atoms with van der Waals surface area (Å²) in [6.07, 6.45) is 0. The molecular formula is C13H21FN2O. The van der Waals surface area contributed by atoms with Crippen LogP contribution in [0, 0.1) is 17.7 Å². The molecule has 1 rings (SSSR count). The summed E-state index contributed by atoms with van der Waals surface area (Å²) in [5.74, 6) is 0.345. The maximum Gasteiger partial charge on any atom is 0.165 e. The smallest absolute Gasteiger partial charge is 0.165 e. The molecule has 2 atom stereocenters. The second kappa shape index (κ2) is 5.98. The molecule has 1 aromatic rings. The Balaban J connectivity index is 2.95. The summed E-state index contributed by atoms with van der Waals surface area (Å²) in [4.78, 5) is 0. The summed E-state index contributed by atoms with van der Waals surface area (Å²) in [6.45, 7) is 4.63. The summed E-state index contributed by atoms with van der Waals surface area (Å²) in [7, 11) is 1.44. The van der Waals surface area contributed by atoms with Crippen molar-refractivity contribution >= 4 is 0 Å². The van der Waals surface area contributed by atoms with E-state index in [1.54, 1.807) is 12.1 Å². The van der Waals surface area contributed by atoms with Gasteiger partial charge in [-0.25, -0.2) is 4.39 Å². The van der Waals surface area contributed by atoms with Gasteiger partial charge in [-0.1, -0.05) is 19.9 Å². The minimum atomic E-state index is -0.389. The molecule has 0 heterocycles. The average molecular weight is 240 g/mol. The van der Waals surface area contributed by atoms with E-state index < -0.39 is 0 Å². The number of hydrogen-bond acceptors (Lipinski definition) is 3. The van der Waals surface area contributed by atoms with E-state index in [9.17, 15) is 4.39 Å². The average Bonchev–Trinajstić information content (AvgIpc) is 2.29. The van der Waals surface area contributed by atoms with Crippen molar-refractivity contribution in [3.05, 3.63) is 29.6 Å². The number of methoxy groups -OCH3 is 1. The largest absolute Gasteiger partial charge is 0.494 e. The van der Waals surface area contributed by atoms with Gasteiger partial charge in [-0.3, -0.25) is 0 Å². The SMILES string of the molecule is COc1ccc(C(N)C(CN)C(C)C)cc1F. The second-order valence-electron chi connectivity index (χ2n) is 4.56. The second-order valence-corrected chi connectivity index (χ2v) is 4.56. The third-order valence-electron chi connectivity index (χ3n) is 3.15. The molecule has 0 aliphatic carbocycles. The first-order chi connectivity index (χ1) is 8.01. The summed E-state index contributed by atoms with van der Waals surface area (Å²) >= 11 is 0. The highest BCUT2D eigenvalue weighted by Gasteiger charge is 2.22. The maximum atomic E-state index is 13.6. The van der Waals surface area contributed by atoms with Crippen molar-refractivity contribution in [2.45, 2.75) is 19.9 Å². The van der Waals surface area contributed by atoms with Crippen molar-refractivity contribution in [2.75, 3.05) is 13.7 Å². The predicted octanol–water partition coefficient (Wildman–Crippen LogP) is 2.06. The number of nitrogens with two attached hydrogens (primary N) is 2. The molecule has 3 nitrogen and oxygen atoms in total. The molecule has 0 bridgehead atoms. The highest BCUT2D eigenvalue weighted by atomic mass is 19.1. The van der Waals surface area contributed by atoms with Crippen LogP contribution in [0.25, 0.3) is 0 Å². The van der Waals surface area contributed by atoms with Crippen LogP contribution >= 0.6 is 0 Å². The van der Waals surface area contributed by atoms with Crippen LogP contribution in [0.1, 0.15) is 25.5 Å². The third-order valence-corrected chi connectivity index (χ3v) is 3.15. The first kappa shape index (κ1) is 13.9. The Bertz CT molecular complexity index is 368. The van der Waals surface area contributed by atoms with Crippen LogP contribution in [0.2, 0.25) is 0 Å². The topological polar surface area (TPSA) is 61.3 Å². The summed E-state index contributed by atoms with van der Waals surface area (Å²) in [6, 6.07) is 4.56. The van der Waals surface area contributed by atoms with Crippen molar-refractivity contribution < 1.29 is 9.13 Å². The molecule has 0 radical (unpaired) electrons. The first-order valence-corrected chi connectivity index (χ1v) is 5.80. The molecule has 0 aliphatic rings. The van der Waals surface area contributed by atoms with Gasteiger partial charge in [-0.15, -0.1) is 0 Å². The Hall–Kier alpha value is -1.13. The lowest BCUT2D eigenvalue weighted by Gasteiger charge is -2.26. The van der Waals surface area contributed by atoms with Crippen LogP contribution in [0.15, 0.2) is 18.2 Å². The molecule has 0 aliphatic heterocycles. The van der Waals surface area contributed by atoms with Gasteiger partial charge in [-0.2, -0.15) is 0 Å². The normalized spacial score (nSPS) is 14.8. The van der Waals surface area contributed by atoms with Gasteiger partial charge >= 0.3 is 0 Å². The molecule has 0 fully saturated rings. The molecule has 4 heteroatoms. The molecule has 96 valence electrons. The fourth-order valence-corrected chi connectivity index (χ4v) is 1.97. The number of ether oxygens (including phenoxy) is 1.